The molecule has 0 saturated carbocycles. The second-order valence-corrected chi connectivity index (χ2v) is 6.81. The van der Waals surface area contributed by atoms with Gasteiger partial charge in [-0.1, -0.05) is 19.1 Å². The van der Waals surface area contributed by atoms with Gasteiger partial charge in [-0.3, -0.25) is 0 Å². The molecule has 114 valence electrons. The third-order valence-electron chi connectivity index (χ3n) is 3.34. The number of aryl methyl sites for hydroxylation is 1. The summed E-state index contributed by atoms with van der Waals surface area (Å²) in [5.74, 6) is 0.581. The number of furan rings is 1. The molecule has 0 aliphatic carbocycles. The third-order valence-corrected chi connectivity index (χ3v) is 5.23. The molecule has 1 heterocycles. The van der Waals surface area contributed by atoms with E-state index in [-0.39, 0.29) is 18.0 Å². The van der Waals surface area contributed by atoms with E-state index < -0.39 is 10.0 Å². The van der Waals surface area contributed by atoms with Crippen LogP contribution in [-0.4, -0.2) is 24.9 Å². The molecular formula is C15H19NO4S. The van der Waals surface area contributed by atoms with Crippen LogP contribution in [0.3, 0.4) is 0 Å². The predicted octanol–water partition coefficient (Wildman–Crippen LogP) is 2.16. The molecule has 0 unspecified atom stereocenters. The van der Waals surface area contributed by atoms with Crippen molar-refractivity contribution in [2.75, 3.05) is 7.05 Å². The molecule has 5 nitrogen and oxygen atoms in total. The first-order chi connectivity index (χ1) is 9.98. The third kappa shape index (κ3) is 3.34. The summed E-state index contributed by atoms with van der Waals surface area (Å²) < 4.78 is 31.9. The van der Waals surface area contributed by atoms with Crippen LogP contribution >= 0.6 is 0 Å². The Morgan fingerprint density at radius 3 is 2.62 bits per heavy atom. The van der Waals surface area contributed by atoms with Crippen molar-refractivity contribution in [1.29, 1.82) is 0 Å². The normalized spacial score (nSPS) is 12.0. The summed E-state index contributed by atoms with van der Waals surface area (Å²) >= 11 is 0. The molecule has 0 atom stereocenters. The fourth-order valence-corrected chi connectivity index (χ4v) is 3.58. The molecule has 0 amide bonds. The Bertz CT molecular complexity index is 692. The zero-order valence-electron chi connectivity index (χ0n) is 12.1. The number of hydrogen-bond acceptors (Lipinski definition) is 4. The van der Waals surface area contributed by atoms with Crippen molar-refractivity contribution in [3.05, 3.63) is 53.5 Å². The summed E-state index contributed by atoms with van der Waals surface area (Å²) in [6.45, 7) is 1.88. The molecule has 2 rings (SSSR count). The van der Waals surface area contributed by atoms with Gasteiger partial charge in [-0.05, 0) is 35.7 Å². The van der Waals surface area contributed by atoms with Gasteiger partial charge in [0.1, 0.15) is 5.76 Å². The minimum absolute atomic E-state index is 0.168. The van der Waals surface area contributed by atoms with E-state index in [1.165, 1.54) is 23.7 Å². The molecule has 0 aliphatic heterocycles. The van der Waals surface area contributed by atoms with Gasteiger partial charge >= 0.3 is 0 Å². The number of aliphatic hydroxyl groups excluding tert-OH is 1. The highest BCUT2D eigenvalue weighted by molar-refractivity contribution is 7.89. The number of sulfonamides is 1. The maximum atomic E-state index is 12.7. The molecular weight excluding hydrogens is 290 g/mol. The molecule has 1 aromatic heterocycles. The van der Waals surface area contributed by atoms with Gasteiger partial charge in [0.2, 0.25) is 10.0 Å². The highest BCUT2D eigenvalue weighted by Crippen LogP contribution is 2.23. The van der Waals surface area contributed by atoms with Gasteiger partial charge in [-0.2, -0.15) is 4.31 Å². The lowest BCUT2D eigenvalue weighted by molar-refractivity contribution is 0.281. The van der Waals surface area contributed by atoms with Crippen molar-refractivity contribution in [2.45, 2.75) is 31.4 Å². The van der Waals surface area contributed by atoms with E-state index in [1.807, 2.05) is 6.92 Å². The average Bonchev–Trinajstić information content (AvgIpc) is 2.99. The maximum Gasteiger partial charge on any atom is 0.243 e. The van der Waals surface area contributed by atoms with Gasteiger partial charge in [0.25, 0.3) is 0 Å². The zero-order chi connectivity index (χ0) is 15.5. The number of nitrogens with zero attached hydrogens (tertiary/aromatic N) is 1. The Balaban J connectivity index is 2.38. The Morgan fingerprint density at radius 2 is 2.05 bits per heavy atom. The van der Waals surface area contributed by atoms with Gasteiger partial charge in [-0.15, -0.1) is 0 Å². The highest BCUT2D eigenvalue weighted by Gasteiger charge is 2.24. The highest BCUT2D eigenvalue weighted by atomic mass is 32.2. The summed E-state index contributed by atoms with van der Waals surface area (Å²) in [5.41, 5.74) is 1.32. The first-order valence-electron chi connectivity index (χ1n) is 6.70. The molecule has 0 radical (unpaired) electrons. The van der Waals surface area contributed by atoms with Crippen molar-refractivity contribution in [1.82, 2.24) is 4.31 Å². The van der Waals surface area contributed by atoms with Gasteiger partial charge in [0, 0.05) is 7.05 Å². The fraction of sp³-hybridized carbons (Fsp3) is 0.333. The summed E-state index contributed by atoms with van der Waals surface area (Å²) in [4.78, 5) is 0.241. The monoisotopic (exact) mass is 309 g/mol. The maximum absolute atomic E-state index is 12.7. The van der Waals surface area contributed by atoms with Crippen LogP contribution in [0.15, 0.2) is 45.9 Å². The molecule has 2 aromatic rings. The molecule has 0 saturated heterocycles. The Morgan fingerprint density at radius 1 is 1.29 bits per heavy atom. The van der Waals surface area contributed by atoms with Crippen LogP contribution in [-0.2, 0) is 29.6 Å². The number of rotatable bonds is 6. The quantitative estimate of drug-likeness (QED) is 0.887. The number of aliphatic hydroxyl groups is 1. The van der Waals surface area contributed by atoms with Gasteiger partial charge in [-0.25, -0.2) is 8.42 Å². The first-order valence-corrected chi connectivity index (χ1v) is 8.14. The predicted molar refractivity (Wildman–Crippen MR) is 79.1 cm³/mol. The lowest BCUT2D eigenvalue weighted by atomic mass is 10.1. The van der Waals surface area contributed by atoms with Gasteiger partial charge < -0.3 is 9.52 Å². The van der Waals surface area contributed by atoms with Gasteiger partial charge in [0.05, 0.1) is 24.3 Å². The molecule has 1 aromatic carbocycles. The molecule has 21 heavy (non-hydrogen) atoms. The van der Waals surface area contributed by atoms with Crippen molar-refractivity contribution >= 4 is 10.0 Å². The number of benzene rings is 1. The van der Waals surface area contributed by atoms with E-state index in [2.05, 4.69) is 0 Å². The Labute approximate surface area is 124 Å². The summed E-state index contributed by atoms with van der Waals surface area (Å²) in [6.07, 6.45) is 2.12. The van der Waals surface area contributed by atoms with E-state index >= 15 is 0 Å². The van der Waals surface area contributed by atoms with Crippen molar-refractivity contribution in [3.8, 4) is 0 Å². The first kappa shape index (κ1) is 15.8. The lowest BCUT2D eigenvalue weighted by Crippen LogP contribution is -2.27. The summed E-state index contributed by atoms with van der Waals surface area (Å²) in [7, 11) is -2.11. The van der Waals surface area contributed by atoms with E-state index in [0.29, 0.717) is 17.7 Å². The fourth-order valence-electron chi connectivity index (χ4n) is 2.10. The summed E-state index contributed by atoms with van der Waals surface area (Å²) in [5, 5.41) is 9.21. The van der Waals surface area contributed by atoms with Gasteiger partial charge in [0.15, 0.2) is 0 Å². The van der Waals surface area contributed by atoms with Crippen LogP contribution < -0.4 is 0 Å². The molecule has 6 heteroatoms. The van der Waals surface area contributed by atoms with E-state index in [1.54, 1.807) is 24.3 Å². The molecule has 1 N–H and O–H groups in total. The molecule has 0 fully saturated rings. The minimum atomic E-state index is -3.63. The van der Waals surface area contributed by atoms with Crippen LogP contribution in [0.2, 0.25) is 0 Å². The number of hydrogen-bond donors (Lipinski definition) is 1. The van der Waals surface area contributed by atoms with Crippen molar-refractivity contribution < 1.29 is 17.9 Å². The molecule has 0 aliphatic rings. The topological polar surface area (TPSA) is 70.8 Å². The smallest absolute Gasteiger partial charge is 0.243 e. The second-order valence-electron chi connectivity index (χ2n) is 4.79. The van der Waals surface area contributed by atoms with Crippen molar-refractivity contribution in [3.63, 3.8) is 0 Å². The zero-order valence-corrected chi connectivity index (χ0v) is 12.9. The van der Waals surface area contributed by atoms with E-state index in [0.717, 1.165) is 5.56 Å². The van der Waals surface area contributed by atoms with Crippen LogP contribution in [0.4, 0.5) is 0 Å². The Hall–Kier alpha value is -1.63. The lowest BCUT2D eigenvalue weighted by Gasteiger charge is -2.18. The van der Waals surface area contributed by atoms with Crippen molar-refractivity contribution in [2.24, 2.45) is 0 Å². The van der Waals surface area contributed by atoms with Crippen LogP contribution in [0, 0.1) is 0 Å². The molecule has 0 spiro atoms. The minimum Gasteiger partial charge on any atom is -0.468 e. The second kappa shape index (κ2) is 6.43. The Kier molecular flexibility index (Phi) is 4.82. The summed E-state index contributed by atoms with van der Waals surface area (Å²) in [6, 6.07) is 8.48. The SMILES string of the molecule is CCc1ccc(CO)cc1S(=O)(=O)N(C)Cc1ccco1. The van der Waals surface area contributed by atoms with Crippen LogP contribution in [0.25, 0.3) is 0 Å². The van der Waals surface area contributed by atoms with Crippen LogP contribution in [0.5, 0.6) is 0 Å². The largest absolute Gasteiger partial charge is 0.468 e. The standard InChI is InChI=1S/C15H19NO4S/c1-3-13-7-6-12(11-17)9-15(13)21(18,19)16(2)10-14-5-4-8-20-14/h4-9,17H,3,10-11H2,1-2H3. The van der Waals surface area contributed by atoms with E-state index in [4.69, 9.17) is 4.42 Å². The molecule has 0 bridgehead atoms. The van der Waals surface area contributed by atoms with E-state index in [9.17, 15) is 13.5 Å². The average molecular weight is 309 g/mol. The van der Waals surface area contributed by atoms with Crippen LogP contribution in [0.1, 0.15) is 23.8 Å².